The largest absolute Gasteiger partial charge is 0.455 e. The number of ether oxygens (including phenoxy) is 1. The molecule has 20 heavy (non-hydrogen) atoms. The van der Waals surface area contributed by atoms with E-state index in [0.717, 1.165) is 28.9 Å². The molecule has 0 amide bonds. The van der Waals surface area contributed by atoms with Crippen LogP contribution >= 0.6 is 23.2 Å². The molecule has 106 valence electrons. The Hall–Kier alpha value is -1.22. The van der Waals surface area contributed by atoms with Gasteiger partial charge in [-0.05, 0) is 61.7 Å². The third-order valence-corrected chi connectivity index (χ3v) is 3.61. The Labute approximate surface area is 129 Å². The summed E-state index contributed by atoms with van der Waals surface area (Å²) in [7, 11) is 0. The third kappa shape index (κ3) is 3.26. The number of nitrogens with two attached hydrogens (primary N) is 1. The van der Waals surface area contributed by atoms with Gasteiger partial charge in [0, 0.05) is 5.02 Å². The normalized spacial score (nSPS) is 10.7. The van der Waals surface area contributed by atoms with Gasteiger partial charge in [-0.25, -0.2) is 0 Å². The fourth-order valence-electron chi connectivity index (χ4n) is 2.18. The van der Waals surface area contributed by atoms with Crippen LogP contribution in [0.5, 0.6) is 11.5 Å². The van der Waals surface area contributed by atoms with Gasteiger partial charge in [0.2, 0.25) is 0 Å². The Bertz CT molecular complexity index is 603. The molecule has 0 spiro atoms. The van der Waals surface area contributed by atoms with Crippen molar-refractivity contribution in [2.45, 2.75) is 20.3 Å². The van der Waals surface area contributed by atoms with Gasteiger partial charge in [-0.15, -0.1) is 0 Å². The first-order valence-corrected chi connectivity index (χ1v) is 7.20. The highest BCUT2D eigenvalue weighted by molar-refractivity contribution is 6.32. The van der Waals surface area contributed by atoms with E-state index in [1.807, 2.05) is 44.2 Å². The molecule has 0 saturated heterocycles. The highest BCUT2D eigenvalue weighted by Crippen LogP contribution is 2.37. The SMILES string of the molecule is Cc1cc(Cl)cc(C)c1Oc1c(Cl)cccc1CCN. The summed E-state index contributed by atoms with van der Waals surface area (Å²) >= 11 is 12.3. The zero-order valence-electron chi connectivity index (χ0n) is 11.5. The summed E-state index contributed by atoms with van der Waals surface area (Å²) in [4.78, 5) is 0. The molecule has 2 rings (SSSR count). The lowest BCUT2D eigenvalue weighted by molar-refractivity contribution is 0.469. The quantitative estimate of drug-likeness (QED) is 0.871. The van der Waals surface area contributed by atoms with Crippen LogP contribution in [0.1, 0.15) is 16.7 Å². The fourth-order valence-corrected chi connectivity index (χ4v) is 2.74. The van der Waals surface area contributed by atoms with Crippen LogP contribution in [-0.4, -0.2) is 6.54 Å². The third-order valence-electron chi connectivity index (χ3n) is 3.09. The zero-order valence-corrected chi connectivity index (χ0v) is 13.1. The summed E-state index contributed by atoms with van der Waals surface area (Å²) in [6, 6.07) is 9.46. The van der Waals surface area contributed by atoms with E-state index in [1.54, 1.807) is 0 Å². The van der Waals surface area contributed by atoms with Crippen LogP contribution in [0.15, 0.2) is 30.3 Å². The smallest absolute Gasteiger partial charge is 0.149 e. The number of rotatable bonds is 4. The minimum Gasteiger partial charge on any atom is -0.455 e. The summed E-state index contributed by atoms with van der Waals surface area (Å²) in [5, 5.41) is 1.29. The first kappa shape index (κ1) is 15.2. The maximum absolute atomic E-state index is 6.26. The predicted octanol–water partition coefficient (Wildman–Crippen LogP) is 4.90. The highest BCUT2D eigenvalue weighted by atomic mass is 35.5. The molecule has 2 nitrogen and oxygen atoms in total. The molecule has 0 aromatic heterocycles. The van der Waals surface area contributed by atoms with Crippen molar-refractivity contribution in [2.24, 2.45) is 5.73 Å². The number of benzene rings is 2. The lowest BCUT2D eigenvalue weighted by Crippen LogP contribution is -2.04. The van der Waals surface area contributed by atoms with E-state index in [1.165, 1.54) is 0 Å². The van der Waals surface area contributed by atoms with Crippen molar-refractivity contribution in [3.05, 3.63) is 57.1 Å². The van der Waals surface area contributed by atoms with Crippen LogP contribution in [0.2, 0.25) is 10.0 Å². The first-order valence-electron chi connectivity index (χ1n) is 6.45. The van der Waals surface area contributed by atoms with Crippen molar-refractivity contribution in [1.29, 1.82) is 0 Å². The molecule has 0 aliphatic carbocycles. The molecule has 4 heteroatoms. The summed E-state index contributed by atoms with van der Waals surface area (Å²) in [6.45, 7) is 4.48. The van der Waals surface area contributed by atoms with Crippen molar-refractivity contribution < 1.29 is 4.74 Å². The Morgan fingerprint density at radius 2 is 1.70 bits per heavy atom. The Morgan fingerprint density at radius 1 is 1.05 bits per heavy atom. The van der Waals surface area contributed by atoms with Gasteiger partial charge in [0.25, 0.3) is 0 Å². The number of halogens is 2. The minimum absolute atomic E-state index is 0.551. The van der Waals surface area contributed by atoms with Crippen molar-refractivity contribution in [1.82, 2.24) is 0 Å². The summed E-state index contributed by atoms with van der Waals surface area (Å²) in [5.74, 6) is 1.47. The Kier molecular flexibility index (Phi) is 4.92. The van der Waals surface area contributed by atoms with Crippen molar-refractivity contribution in [2.75, 3.05) is 6.54 Å². The van der Waals surface area contributed by atoms with Gasteiger partial charge >= 0.3 is 0 Å². The van der Waals surface area contributed by atoms with Gasteiger partial charge in [0.1, 0.15) is 11.5 Å². The molecule has 0 saturated carbocycles. The van der Waals surface area contributed by atoms with Crippen LogP contribution in [0, 0.1) is 13.8 Å². The number of aryl methyl sites for hydroxylation is 2. The monoisotopic (exact) mass is 309 g/mol. The minimum atomic E-state index is 0.551. The molecular weight excluding hydrogens is 293 g/mol. The lowest BCUT2D eigenvalue weighted by atomic mass is 10.1. The molecule has 0 aliphatic rings. The van der Waals surface area contributed by atoms with Gasteiger partial charge in [0.05, 0.1) is 5.02 Å². The highest BCUT2D eigenvalue weighted by Gasteiger charge is 2.13. The summed E-state index contributed by atoms with van der Waals surface area (Å²) in [6.07, 6.45) is 0.724. The van der Waals surface area contributed by atoms with E-state index < -0.39 is 0 Å². The summed E-state index contributed by atoms with van der Waals surface area (Å²) in [5.41, 5.74) is 8.60. The number of hydrogen-bond acceptors (Lipinski definition) is 2. The van der Waals surface area contributed by atoms with E-state index in [0.29, 0.717) is 22.3 Å². The van der Waals surface area contributed by atoms with Crippen molar-refractivity contribution in [3.8, 4) is 11.5 Å². The molecule has 0 fully saturated rings. The van der Waals surface area contributed by atoms with Crippen LogP contribution in [0.4, 0.5) is 0 Å². The summed E-state index contributed by atoms with van der Waals surface area (Å²) < 4.78 is 6.06. The van der Waals surface area contributed by atoms with Crippen LogP contribution in [0.3, 0.4) is 0 Å². The fraction of sp³-hybridized carbons (Fsp3) is 0.250. The van der Waals surface area contributed by atoms with E-state index >= 15 is 0 Å². The van der Waals surface area contributed by atoms with Crippen LogP contribution < -0.4 is 10.5 Å². The topological polar surface area (TPSA) is 35.2 Å². The van der Waals surface area contributed by atoms with Crippen LogP contribution in [-0.2, 0) is 6.42 Å². The first-order chi connectivity index (χ1) is 9.52. The molecular formula is C16H17Cl2NO. The lowest BCUT2D eigenvalue weighted by Gasteiger charge is -2.16. The second-order valence-corrected chi connectivity index (χ2v) is 5.58. The molecule has 2 N–H and O–H groups in total. The molecule has 2 aromatic carbocycles. The van der Waals surface area contributed by atoms with E-state index in [2.05, 4.69) is 0 Å². The zero-order chi connectivity index (χ0) is 14.7. The average molecular weight is 310 g/mol. The maximum Gasteiger partial charge on any atom is 0.149 e. The molecule has 0 unspecified atom stereocenters. The van der Waals surface area contributed by atoms with Gasteiger partial charge < -0.3 is 10.5 Å². The van der Waals surface area contributed by atoms with Crippen molar-refractivity contribution in [3.63, 3.8) is 0 Å². The molecule has 0 radical (unpaired) electrons. The van der Waals surface area contributed by atoms with E-state index in [-0.39, 0.29) is 0 Å². The van der Waals surface area contributed by atoms with Gasteiger partial charge in [-0.1, -0.05) is 35.3 Å². The molecule has 0 heterocycles. The van der Waals surface area contributed by atoms with Gasteiger partial charge in [-0.2, -0.15) is 0 Å². The molecule has 0 aliphatic heterocycles. The predicted molar refractivity (Wildman–Crippen MR) is 85.2 cm³/mol. The van der Waals surface area contributed by atoms with Gasteiger partial charge in [0.15, 0.2) is 0 Å². The van der Waals surface area contributed by atoms with Crippen molar-refractivity contribution >= 4 is 23.2 Å². The van der Waals surface area contributed by atoms with Crippen LogP contribution in [0.25, 0.3) is 0 Å². The van der Waals surface area contributed by atoms with E-state index in [4.69, 9.17) is 33.7 Å². The molecule has 0 atom stereocenters. The molecule has 0 bridgehead atoms. The standard InChI is InChI=1S/C16H17Cl2NO/c1-10-8-13(17)9-11(2)15(10)20-16-12(6-7-19)4-3-5-14(16)18/h3-5,8-9H,6-7,19H2,1-2H3. The second-order valence-electron chi connectivity index (χ2n) is 4.74. The number of para-hydroxylation sites is 1. The maximum atomic E-state index is 6.26. The Morgan fingerprint density at radius 3 is 2.30 bits per heavy atom. The number of hydrogen-bond donors (Lipinski definition) is 1. The second kappa shape index (κ2) is 6.49. The van der Waals surface area contributed by atoms with E-state index in [9.17, 15) is 0 Å². The average Bonchev–Trinajstić information content (AvgIpc) is 2.36. The molecule has 2 aromatic rings. The van der Waals surface area contributed by atoms with Gasteiger partial charge in [-0.3, -0.25) is 0 Å². The Balaban J connectivity index is 2.45.